The van der Waals surface area contributed by atoms with Gasteiger partial charge in [0, 0.05) is 124 Å². The zero-order valence-corrected chi connectivity index (χ0v) is 60.3. The van der Waals surface area contributed by atoms with E-state index >= 15 is 0 Å². The van der Waals surface area contributed by atoms with Crippen molar-refractivity contribution in [3.05, 3.63) is 103 Å². The molecule has 108 heavy (non-hydrogen) atoms. The predicted molar refractivity (Wildman–Crippen MR) is 419 cm³/mol. The van der Waals surface area contributed by atoms with Crippen LogP contribution in [0.3, 0.4) is 0 Å². The molecule has 6 aromatic heterocycles. The first-order valence-electron chi connectivity index (χ1n) is 57.2. The maximum atomic E-state index is 13.7. The van der Waals surface area contributed by atoms with Gasteiger partial charge in [-0.3, -0.25) is 28.4 Å². The number of nitrogens with zero attached hydrogens (tertiary/aromatic N) is 12. The van der Waals surface area contributed by atoms with Crippen molar-refractivity contribution >= 4 is 63.2 Å². The van der Waals surface area contributed by atoms with Crippen LogP contribution in [-0.4, -0.2) is 197 Å². The fourth-order valence-electron chi connectivity index (χ4n) is 11.2. The van der Waals surface area contributed by atoms with E-state index in [4.69, 9.17) is 80.0 Å². The standard InChI is InChI=1S/3C25H36N6O4S/c3*1-5-8-20-22-23(31(4)29-20)25(32)28-24(27-22)19-16-18(10-11-21(19)35-15-6-2)36(33,34)26-13-12-17-9-7-14-30(17)3/h3*10-11,16-17,26H,5-9,12-15H2,1-4H3,(H,27,28,32)/i1D3,3D3,4D3,5D2,8D2,12D2,13D2;1D3,3D3,4D3,5D2,8D2,12D2,13D;1D3,3D3,4D3,5D2,8D2,12D2. The van der Waals surface area contributed by atoms with Crippen LogP contribution in [0.2, 0.25) is 0 Å². The highest BCUT2D eigenvalue weighted by molar-refractivity contribution is 7.90. The Morgan fingerprint density at radius 1 is 0.472 bits per heavy atom. The number of likely N-dealkylation sites (tertiary alicyclic amines) is 3. The molecule has 4 unspecified atom stereocenters. The number of hydrogen-bond acceptors (Lipinski definition) is 21. The molecule has 30 nitrogen and oxygen atoms in total. The second-order valence-electron chi connectivity index (χ2n) is 23.8. The van der Waals surface area contributed by atoms with Crippen LogP contribution >= 0.6 is 0 Å². The van der Waals surface area contributed by atoms with Crippen LogP contribution in [0.25, 0.3) is 67.3 Å². The second-order valence-corrected chi connectivity index (χ2v) is 28.9. The number of aromatic nitrogens is 12. The molecule has 588 valence electrons. The number of rotatable bonds is 33. The van der Waals surface area contributed by atoms with Gasteiger partial charge in [0.2, 0.25) is 30.1 Å². The van der Waals surface area contributed by atoms with Gasteiger partial charge in [0.05, 0.1) is 68.3 Å². The summed E-state index contributed by atoms with van der Waals surface area (Å²) >= 11 is 0. The van der Waals surface area contributed by atoms with Crippen LogP contribution in [0.1, 0.15) is 220 Å². The molecule has 6 N–H and O–H groups in total. The van der Waals surface area contributed by atoms with Crippen molar-refractivity contribution < 1.29 is 105 Å². The Morgan fingerprint density at radius 3 is 1.18 bits per heavy atom. The largest absolute Gasteiger partial charge is 0.493 e. The maximum absolute atomic E-state index is 13.7. The van der Waals surface area contributed by atoms with Crippen LogP contribution < -0.4 is 45.1 Å². The van der Waals surface area contributed by atoms with E-state index < -0.39 is 287 Å². The zero-order chi connectivity index (χ0) is 119. The first-order valence-corrected chi connectivity index (χ1v) is 37.6. The molecule has 3 saturated heterocycles. The Bertz CT molecular complexity index is 7280. The number of fused-ring (bicyclic) bond motifs is 3. The maximum Gasteiger partial charge on any atom is 0.277 e. The van der Waals surface area contributed by atoms with Gasteiger partial charge in [0.15, 0.2) is 16.6 Å². The number of aromatic amines is 3. The Hall–Kier alpha value is -8.28. The molecule has 0 bridgehead atoms. The third-order valence-electron chi connectivity index (χ3n) is 16.3. The van der Waals surface area contributed by atoms with E-state index in [-0.39, 0.29) is 113 Å². The second kappa shape index (κ2) is 37.0. The topological polar surface area (TPSA) is 367 Å². The summed E-state index contributed by atoms with van der Waals surface area (Å²) in [5.41, 5.74) is -13.3. The van der Waals surface area contributed by atoms with Crippen molar-refractivity contribution in [3.63, 3.8) is 0 Å². The molecule has 33 heteroatoms. The summed E-state index contributed by atoms with van der Waals surface area (Å²) in [7, 11) is -14.4. The number of nitrogens with one attached hydrogen (secondary N) is 6. The molecule has 3 aromatic carbocycles. The highest BCUT2D eigenvalue weighted by atomic mass is 32.2. The molecule has 12 rings (SSSR count). The highest BCUT2D eigenvalue weighted by Crippen LogP contribution is 2.36. The van der Waals surface area contributed by atoms with Crippen LogP contribution in [0.15, 0.2) is 83.7 Å². The smallest absolute Gasteiger partial charge is 0.277 e. The average molecular weight is 1600 g/mol. The van der Waals surface area contributed by atoms with E-state index in [1.54, 1.807) is 25.5 Å². The van der Waals surface area contributed by atoms with Crippen molar-refractivity contribution in [2.45, 2.75) is 189 Å². The first kappa shape index (κ1) is 39.6. The normalized spacial score (nSPS) is 26.0. The Balaban J connectivity index is 0.000000238. The lowest BCUT2D eigenvalue weighted by Crippen LogP contribution is -2.31. The van der Waals surface area contributed by atoms with Gasteiger partial charge >= 0.3 is 0 Å². The molecule has 3 fully saturated rings. The van der Waals surface area contributed by atoms with E-state index in [9.17, 15) is 39.6 Å². The van der Waals surface area contributed by atoms with Gasteiger partial charge < -0.3 is 43.9 Å². The molecule has 4 atom stereocenters. The summed E-state index contributed by atoms with van der Waals surface area (Å²) in [6.07, 6.45) is -27.6. The van der Waals surface area contributed by atoms with E-state index in [0.29, 0.717) is 32.1 Å². The van der Waals surface area contributed by atoms with Crippen molar-refractivity contribution in [1.29, 1.82) is 0 Å². The molecule has 9 heterocycles. The van der Waals surface area contributed by atoms with Crippen molar-refractivity contribution in [2.24, 2.45) is 20.9 Å². The summed E-state index contributed by atoms with van der Waals surface area (Å²) in [5, 5.41) is 10.9. The van der Waals surface area contributed by atoms with Crippen molar-refractivity contribution in [2.75, 3.05) is 79.9 Å². The SMILES string of the molecule is [2H]C(NS(=O)(=O)c1ccc(OCCC)c(-c2nc3c(C([2H])([2H])C([2H])([2H])C([2H])([2H])[2H])nn(C([2H])([2H])[2H])c3c(=O)[nH]2)c1)C([2H])([2H])C1CCCN1C([2H])([2H])[2H].[2H]C([2H])(CNS(=O)(=O)c1ccc(OCCC)c(-c2nc3c(C([2H])([2H])C([2H])([2H])C([2H])([2H])[2H])nn(C([2H])([2H])[2H])c3c(=O)[nH]2)c1)C1CCCN1C([2H])([2H])[2H].[2H]C([2H])([2H])N1CCCC1C([2H])([2H])C([2H])([2H])NS(=O)(=O)c1ccc(OCCC)c(-c2nc3c(C([2H])([2H])C([2H])([2H])C([2H])([2H])[2H])nn(C([2H])([2H])[2H])c3c(=O)[nH]2)c1. The van der Waals surface area contributed by atoms with Gasteiger partial charge in [-0.05, 0) is 191 Å². The molecule has 0 radical (unpaired) electrons. The third kappa shape index (κ3) is 19.5. The first-order chi connectivity index (χ1) is 70.4. The summed E-state index contributed by atoms with van der Waals surface area (Å²) in [4.78, 5) is 60.6. The quantitative estimate of drug-likeness (QED) is 0.0224. The number of hydrogen-bond donors (Lipinski definition) is 6. The number of benzene rings is 3. The zero-order valence-electron chi connectivity index (χ0n) is 106. The predicted octanol–water partition coefficient (Wildman–Crippen LogP) is 8.48. The van der Waals surface area contributed by atoms with Gasteiger partial charge in [-0.15, -0.1) is 0 Å². The van der Waals surface area contributed by atoms with E-state index in [1.165, 1.54) is 6.07 Å². The van der Waals surface area contributed by atoms with Crippen LogP contribution in [0, 0.1) is 0 Å². The molecule has 0 saturated carbocycles. The third-order valence-corrected chi connectivity index (χ3v) is 20.3. The summed E-state index contributed by atoms with van der Waals surface area (Å²) < 4.78 is 489. The Morgan fingerprint density at radius 2 is 0.824 bits per heavy atom. The van der Waals surface area contributed by atoms with E-state index in [0.717, 1.165) is 63.2 Å². The van der Waals surface area contributed by atoms with Crippen molar-refractivity contribution in [1.82, 2.24) is 88.1 Å². The Labute approximate surface area is 700 Å². The van der Waals surface area contributed by atoms with E-state index in [1.807, 2.05) is 4.72 Å². The molecule has 3 aliphatic heterocycles. The lowest BCUT2D eigenvalue weighted by Gasteiger charge is -2.19. The van der Waals surface area contributed by atoms with Gasteiger partial charge in [0.1, 0.15) is 51.3 Å². The van der Waals surface area contributed by atoms with E-state index in [2.05, 4.69) is 49.9 Å². The fraction of sp³-hybridized carbons (Fsp3) is 0.560. The molecule has 0 amide bonds. The minimum atomic E-state index is -5.05. The van der Waals surface area contributed by atoms with Gasteiger partial charge in [0.25, 0.3) is 16.7 Å². The number of H-pyrrole nitrogens is 3. The minimum Gasteiger partial charge on any atom is -0.493 e. The lowest BCUT2D eigenvalue weighted by atomic mass is 10.1. The molecule has 0 aliphatic carbocycles. The summed E-state index contributed by atoms with van der Waals surface area (Å²) in [6, 6.07) is 5.26. The minimum absolute atomic E-state index is 0.00753. The molecule has 3 aliphatic rings. The molecule has 0 spiro atoms. The van der Waals surface area contributed by atoms with Gasteiger partial charge in [-0.2, -0.15) is 15.3 Å². The number of aryl methyl sites for hydroxylation is 6. The van der Waals surface area contributed by atoms with Gasteiger partial charge in [-0.25, -0.2) is 54.4 Å². The van der Waals surface area contributed by atoms with Gasteiger partial charge in [-0.1, -0.05) is 60.4 Å². The van der Waals surface area contributed by atoms with Crippen LogP contribution in [0.4, 0.5) is 0 Å². The lowest BCUT2D eigenvalue weighted by molar-refractivity contribution is 0.297. The molecule has 9 aromatic rings. The van der Waals surface area contributed by atoms with Crippen molar-refractivity contribution in [3.8, 4) is 51.4 Å². The van der Waals surface area contributed by atoms with Crippen LogP contribution in [0.5, 0.6) is 17.2 Å². The fourth-order valence-corrected chi connectivity index (χ4v) is 13.8. The molecular formula is C75H108N18O12S3. The average Bonchev–Trinajstić information content (AvgIpc) is 1.48. The molecular weight excluding hydrogens is 1440 g/mol. The van der Waals surface area contributed by atoms with Crippen LogP contribution in [-0.2, 0) is 70.1 Å². The highest BCUT2D eigenvalue weighted by Gasteiger charge is 2.29. The number of ether oxygens (including phenoxy) is 3. The monoisotopic (exact) mass is 1600 g/mol. The summed E-state index contributed by atoms with van der Waals surface area (Å²) in [6.45, 7) is -29.8. The summed E-state index contributed by atoms with van der Waals surface area (Å²) in [5.74, 6) is -2.00. The number of sulfonamides is 3. The Kier molecular flexibility index (Phi) is 13.5.